The molecular formula is C29H23F3N4. The third-order valence-corrected chi connectivity index (χ3v) is 6.81. The topological polar surface area (TPSA) is 41.9 Å². The van der Waals surface area contributed by atoms with Gasteiger partial charge in [-0.05, 0) is 42.8 Å². The van der Waals surface area contributed by atoms with E-state index in [2.05, 4.69) is 53.2 Å². The van der Waals surface area contributed by atoms with Crippen molar-refractivity contribution < 1.29 is 13.2 Å². The fourth-order valence-electron chi connectivity index (χ4n) is 4.94. The summed E-state index contributed by atoms with van der Waals surface area (Å²) in [5.41, 5.74) is 6.37. The van der Waals surface area contributed by atoms with Gasteiger partial charge in [0.05, 0.1) is 22.3 Å². The summed E-state index contributed by atoms with van der Waals surface area (Å²) in [5.74, 6) is 0.456. The molecule has 0 amide bonds. The van der Waals surface area contributed by atoms with Crippen molar-refractivity contribution in [3.63, 3.8) is 0 Å². The SMILES string of the molecule is Cc1ccc2nc3ccccc3c(CN3CCc4nc(-c5ccc(C(F)(F)F)cc5)ncc4C3)c2c1. The maximum Gasteiger partial charge on any atom is 0.416 e. The van der Waals surface area contributed by atoms with E-state index >= 15 is 0 Å². The molecule has 0 bridgehead atoms. The number of para-hydroxylation sites is 1. The molecule has 2 aromatic heterocycles. The van der Waals surface area contributed by atoms with Crippen LogP contribution in [0.5, 0.6) is 0 Å². The van der Waals surface area contributed by atoms with Gasteiger partial charge < -0.3 is 0 Å². The van der Waals surface area contributed by atoms with Gasteiger partial charge in [0.1, 0.15) is 0 Å². The zero-order chi connectivity index (χ0) is 24.9. The third kappa shape index (κ3) is 4.20. The normalized spacial score (nSPS) is 14.3. The zero-order valence-corrected chi connectivity index (χ0v) is 19.7. The van der Waals surface area contributed by atoms with Gasteiger partial charge >= 0.3 is 6.18 Å². The van der Waals surface area contributed by atoms with E-state index in [1.54, 1.807) is 0 Å². The second-order valence-corrected chi connectivity index (χ2v) is 9.33. The number of hydrogen-bond acceptors (Lipinski definition) is 4. The molecule has 4 nitrogen and oxygen atoms in total. The molecule has 7 heteroatoms. The van der Waals surface area contributed by atoms with Gasteiger partial charge in [-0.2, -0.15) is 13.2 Å². The standard InChI is InChI=1S/C29H23F3N4/c1-18-6-11-27-23(14-18)24(22-4-2-3-5-26(22)34-27)17-36-13-12-25-20(16-36)15-33-28(35-25)19-7-9-21(10-8-19)29(30,31)32/h2-11,14-15H,12-13,16-17H2,1H3. The van der Waals surface area contributed by atoms with Crippen LogP contribution in [-0.2, 0) is 25.7 Å². The molecule has 0 saturated heterocycles. The van der Waals surface area contributed by atoms with Gasteiger partial charge in [0, 0.05) is 54.2 Å². The fraction of sp³-hybridized carbons (Fsp3) is 0.207. The second kappa shape index (κ2) is 8.68. The molecule has 6 rings (SSSR count). The lowest BCUT2D eigenvalue weighted by atomic mass is 9.99. The molecular weight excluding hydrogens is 461 g/mol. The lowest BCUT2D eigenvalue weighted by molar-refractivity contribution is -0.137. The number of rotatable bonds is 3. The number of fused-ring (bicyclic) bond motifs is 3. The summed E-state index contributed by atoms with van der Waals surface area (Å²) >= 11 is 0. The molecule has 5 aromatic rings. The smallest absolute Gasteiger partial charge is 0.294 e. The van der Waals surface area contributed by atoms with Crippen molar-refractivity contribution in [1.82, 2.24) is 19.9 Å². The first-order chi connectivity index (χ1) is 17.3. The van der Waals surface area contributed by atoms with E-state index in [0.717, 1.165) is 59.3 Å². The lowest BCUT2D eigenvalue weighted by Gasteiger charge is -2.29. The highest BCUT2D eigenvalue weighted by Crippen LogP contribution is 2.32. The van der Waals surface area contributed by atoms with Gasteiger partial charge in [-0.1, -0.05) is 42.0 Å². The Balaban J connectivity index is 1.29. The van der Waals surface area contributed by atoms with Gasteiger partial charge in [0.15, 0.2) is 5.82 Å². The summed E-state index contributed by atoms with van der Waals surface area (Å²) < 4.78 is 38.7. The Labute approximate surface area is 206 Å². The van der Waals surface area contributed by atoms with E-state index < -0.39 is 11.7 Å². The highest BCUT2D eigenvalue weighted by atomic mass is 19.4. The van der Waals surface area contributed by atoms with Crippen molar-refractivity contribution in [1.29, 1.82) is 0 Å². The molecule has 180 valence electrons. The summed E-state index contributed by atoms with van der Waals surface area (Å²) in [6.45, 7) is 4.43. The van der Waals surface area contributed by atoms with Gasteiger partial charge in [-0.3, -0.25) is 4.90 Å². The van der Waals surface area contributed by atoms with Gasteiger partial charge in [-0.15, -0.1) is 0 Å². The summed E-state index contributed by atoms with van der Waals surface area (Å²) in [7, 11) is 0. The van der Waals surface area contributed by atoms with E-state index in [-0.39, 0.29) is 0 Å². The van der Waals surface area contributed by atoms with Crippen LogP contribution in [0.2, 0.25) is 0 Å². The highest BCUT2D eigenvalue weighted by molar-refractivity contribution is 5.97. The molecule has 0 fully saturated rings. The number of hydrogen-bond donors (Lipinski definition) is 0. The first-order valence-corrected chi connectivity index (χ1v) is 11.9. The molecule has 0 radical (unpaired) electrons. The summed E-state index contributed by atoms with van der Waals surface area (Å²) in [6.07, 6.45) is -1.79. The largest absolute Gasteiger partial charge is 0.416 e. The van der Waals surface area contributed by atoms with Crippen LogP contribution in [0.3, 0.4) is 0 Å². The molecule has 0 N–H and O–H groups in total. The van der Waals surface area contributed by atoms with Crippen molar-refractivity contribution in [3.05, 3.63) is 101 Å². The molecule has 0 unspecified atom stereocenters. The number of aromatic nitrogens is 3. The number of alkyl halides is 3. The molecule has 3 aromatic carbocycles. The number of nitrogens with zero attached hydrogens (tertiary/aromatic N) is 4. The van der Waals surface area contributed by atoms with Gasteiger partial charge in [-0.25, -0.2) is 15.0 Å². The van der Waals surface area contributed by atoms with E-state index in [1.165, 1.54) is 28.6 Å². The average molecular weight is 485 g/mol. The quantitative estimate of drug-likeness (QED) is 0.266. The summed E-state index contributed by atoms with van der Waals surface area (Å²) in [4.78, 5) is 16.4. The minimum atomic E-state index is -4.36. The Bertz CT molecular complexity index is 1590. The highest BCUT2D eigenvalue weighted by Gasteiger charge is 2.30. The predicted octanol–water partition coefficient (Wildman–Crippen LogP) is 6.73. The molecule has 0 saturated carbocycles. The molecule has 1 aliphatic rings. The monoisotopic (exact) mass is 484 g/mol. The van der Waals surface area contributed by atoms with Gasteiger partial charge in [0.2, 0.25) is 0 Å². The Morgan fingerprint density at radius 2 is 1.67 bits per heavy atom. The first kappa shape index (κ1) is 22.6. The predicted molar refractivity (Wildman–Crippen MR) is 134 cm³/mol. The van der Waals surface area contributed by atoms with Crippen LogP contribution >= 0.6 is 0 Å². The van der Waals surface area contributed by atoms with E-state index in [9.17, 15) is 13.2 Å². The van der Waals surface area contributed by atoms with E-state index in [1.807, 2.05) is 12.3 Å². The minimum absolute atomic E-state index is 0.456. The Hall–Kier alpha value is -3.84. The van der Waals surface area contributed by atoms with Crippen LogP contribution in [0.25, 0.3) is 33.2 Å². The van der Waals surface area contributed by atoms with Crippen LogP contribution in [0.4, 0.5) is 13.2 Å². The number of halogens is 3. The van der Waals surface area contributed by atoms with Crippen molar-refractivity contribution in [3.8, 4) is 11.4 Å². The number of aryl methyl sites for hydroxylation is 1. The van der Waals surface area contributed by atoms with E-state index in [4.69, 9.17) is 9.97 Å². The van der Waals surface area contributed by atoms with Crippen molar-refractivity contribution >= 4 is 21.8 Å². The number of pyridine rings is 1. The number of benzene rings is 3. The van der Waals surface area contributed by atoms with Gasteiger partial charge in [0.25, 0.3) is 0 Å². The maximum atomic E-state index is 12.9. The Kier molecular flexibility index (Phi) is 5.45. The van der Waals surface area contributed by atoms with Crippen LogP contribution in [-0.4, -0.2) is 26.4 Å². The molecule has 0 spiro atoms. The second-order valence-electron chi connectivity index (χ2n) is 9.33. The minimum Gasteiger partial charge on any atom is -0.294 e. The summed E-state index contributed by atoms with van der Waals surface area (Å²) in [5, 5.41) is 2.34. The molecule has 36 heavy (non-hydrogen) atoms. The molecule has 0 aliphatic carbocycles. The van der Waals surface area contributed by atoms with E-state index in [0.29, 0.717) is 17.9 Å². The molecule has 1 aliphatic heterocycles. The van der Waals surface area contributed by atoms with Crippen LogP contribution in [0.15, 0.2) is 72.9 Å². The maximum absolute atomic E-state index is 12.9. The molecule has 0 atom stereocenters. The fourth-order valence-corrected chi connectivity index (χ4v) is 4.94. The van der Waals surface area contributed by atoms with Crippen molar-refractivity contribution in [2.75, 3.05) is 6.54 Å². The van der Waals surface area contributed by atoms with Crippen molar-refractivity contribution in [2.24, 2.45) is 0 Å². The third-order valence-electron chi connectivity index (χ3n) is 6.81. The van der Waals surface area contributed by atoms with Crippen molar-refractivity contribution in [2.45, 2.75) is 32.6 Å². The summed E-state index contributed by atoms with van der Waals surface area (Å²) in [6, 6.07) is 19.7. The van der Waals surface area contributed by atoms with Crippen LogP contribution in [0, 0.1) is 6.92 Å². The Morgan fingerprint density at radius 3 is 2.47 bits per heavy atom. The Morgan fingerprint density at radius 1 is 0.889 bits per heavy atom. The first-order valence-electron chi connectivity index (χ1n) is 11.9. The average Bonchev–Trinajstić information content (AvgIpc) is 2.88. The van der Waals surface area contributed by atoms with Crippen LogP contribution in [0.1, 0.15) is 27.9 Å². The molecule has 3 heterocycles. The lowest BCUT2D eigenvalue weighted by Crippen LogP contribution is -2.31. The zero-order valence-electron chi connectivity index (χ0n) is 19.7. The van der Waals surface area contributed by atoms with Crippen LogP contribution < -0.4 is 0 Å².